The molecule has 1 saturated carbocycles. The van der Waals surface area contributed by atoms with Gasteiger partial charge in [0, 0.05) is 47.6 Å². The van der Waals surface area contributed by atoms with Gasteiger partial charge in [-0.2, -0.15) is 10.2 Å². The summed E-state index contributed by atoms with van der Waals surface area (Å²) in [6, 6.07) is 7.38. The Bertz CT molecular complexity index is 1490. The molecule has 2 atom stereocenters. The predicted molar refractivity (Wildman–Crippen MR) is 148 cm³/mol. The van der Waals surface area contributed by atoms with Gasteiger partial charge in [-0.25, -0.2) is 9.51 Å². The third-order valence-electron chi connectivity index (χ3n) is 8.25. The third-order valence-corrected chi connectivity index (χ3v) is 8.25. The zero-order valence-electron chi connectivity index (χ0n) is 22.2. The summed E-state index contributed by atoms with van der Waals surface area (Å²) in [4.78, 5) is 4.77. The molecule has 9 nitrogen and oxygen atoms in total. The average molecular weight is 501 g/mol. The molecule has 3 aromatic heterocycles. The lowest BCUT2D eigenvalue weighted by molar-refractivity contribution is 0.215. The number of hydrogen-bond donors (Lipinski definition) is 4. The number of nitrogens with two attached hydrogens (primary N) is 2. The molecule has 1 aliphatic rings. The van der Waals surface area contributed by atoms with Crippen LogP contribution in [0.15, 0.2) is 54.0 Å². The number of fused-ring (bicyclic) bond motifs is 1. The lowest BCUT2D eigenvalue weighted by Crippen LogP contribution is -2.51. The fourth-order valence-corrected chi connectivity index (χ4v) is 5.24. The number of hydrogen-bond acceptors (Lipinski definition) is 6. The van der Waals surface area contributed by atoms with Crippen molar-refractivity contribution in [2.45, 2.75) is 58.5 Å². The van der Waals surface area contributed by atoms with Crippen LogP contribution in [-0.2, 0) is 13.5 Å². The van der Waals surface area contributed by atoms with Gasteiger partial charge >= 0.3 is 0 Å². The first kappa shape index (κ1) is 24.8. The number of phenolic OH excluding ortho intramolecular Hbond substituents is 1. The first-order valence-electron chi connectivity index (χ1n) is 12.7. The van der Waals surface area contributed by atoms with Gasteiger partial charge in [-0.1, -0.05) is 20.8 Å². The minimum absolute atomic E-state index is 0.136. The van der Waals surface area contributed by atoms with E-state index in [9.17, 15) is 5.11 Å². The second-order valence-corrected chi connectivity index (χ2v) is 10.9. The van der Waals surface area contributed by atoms with E-state index in [0.717, 1.165) is 58.4 Å². The summed E-state index contributed by atoms with van der Waals surface area (Å²) in [7, 11) is 1.90. The maximum Gasteiger partial charge on any atom is 0.135 e. The van der Waals surface area contributed by atoms with Crippen molar-refractivity contribution in [3.8, 4) is 16.9 Å². The van der Waals surface area contributed by atoms with Crippen LogP contribution in [0.3, 0.4) is 0 Å². The quantitative estimate of drug-likeness (QED) is 0.230. The summed E-state index contributed by atoms with van der Waals surface area (Å²) in [6.07, 6.45) is 10.2. The van der Waals surface area contributed by atoms with Gasteiger partial charge in [0.15, 0.2) is 0 Å². The van der Waals surface area contributed by atoms with Gasteiger partial charge in [0.25, 0.3) is 0 Å². The average Bonchev–Trinajstić information content (AvgIpc) is 3.52. The van der Waals surface area contributed by atoms with E-state index >= 15 is 0 Å². The van der Waals surface area contributed by atoms with E-state index in [1.807, 2.05) is 37.1 Å². The molecular formula is C28H36N8O. The lowest BCUT2D eigenvalue weighted by Gasteiger charge is -2.39. The summed E-state index contributed by atoms with van der Waals surface area (Å²) in [5.41, 5.74) is 19.1. The molecule has 1 aliphatic carbocycles. The van der Waals surface area contributed by atoms with Gasteiger partial charge in [-0.15, -0.1) is 0 Å². The molecule has 0 amide bonds. The smallest absolute Gasteiger partial charge is 0.135 e. The molecule has 0 radical (unpaired) electrons. The van der Waals surface area contributed by atoms with E-state index in [0.29, 0.717) is 5.84 Å². The summed E-state index contributed by atoms with van der Waals surface area (Å²) in [6.45, 7) is 8.59. The van der Waals surface area contributed by atoms with E-state index in [1.165, 1.54) is 0 Å². The number of phenols is 1. The molecule has 0 bridgehead atoms. The Morgan fingerprint density at radius 1 is 1.16 bits per heavy atom. The molecule has 0 saturated heterocycles. The third kappa shape index (κ3) is 4.33. The van der Waals surface area contributed by atoms with Gasteiger partial charge in [0.05, 0.1) is 34.8 Å². The Labute approximate surface area is 217 Å². The SMILES string of the molecule is CCc1cc(O)ccc1N=C(N)c1cnn2cc(-c3cnn(C)c3)cc2c1NC1CCC(C)(N)C1(C)C. The van der Waals surface area contributed by atoms with Gasteiger partial charge in [-0.3, -0.25) is 4.68 Å². The van der Waals surface area contributed by atoms with Gasteiger partial charge in [0.2, 0.25) is 0 Å². The van der Waals surface area contributed by atoms with Gasteiger partial charge in [0.1, 0.15) is 11.6 Å². The van der Waals surface area contributed by atoms with Crippen LogP contribution < -0.4 is 16.8 Å². The number of aryl methyl sites for hydroxylation is 2. The first-order valence-corrected chi connectivity index (χ1v) is 12.7. The highest BCUT2D eigenvalue weighted by Gasteiger charge is 2.49. The highest BCUT2D eigenvalue weighted by atomic mass is 16.3. The minimum atomic E-state index is -0.293. The molecule has 6 N–H and O–H groups in total. The second-order valence-electron chi connectivity index (χ2n) is 10.9. The summed E-state index contributed by atoms with van der Waals surface area (Å²) < 4.78 is 3.65. The largest absolute Gasteiger partial charge is 0.508 e. The van der Waals surface area contributed by atoms with Crippen molar-refractivity contribution in [3.05, 3.63) is 60.2 Å². The van der Waals surface area contributed by atoms with E-state index in [-0.39, 0.29) is 22.7 Å². The molecule has 5 rings (SSSR count). The number of nitrogens with one attached hydrogen (secondary N) is 1. The van der Waals surface area contributed by atoms with Crippen molar-refractivity contribution in [1.82, 2.24) is 19.4 Å². The Hall–Kier alpha value is -3.85. The Morgan fingerprint density at radius 3 is 2.59 bits per heavy atom. The van der Waals surface area contributed by atoms with Crippen LogP contribution in [0.25, 0.3) is 16.6 Å². The molecule has 1 fully saturated rings. The zero-order chi connectivity index (χ0) is 26.5. The molecule has 37 heavy (non-hydrogen) atoms. The van der Waals surface area contributed by atoms with Crippen LogP contribution in [0.4, 0.5) is 11.4 Å². The van der Waals surface area contributed by atoms with E-state index in [4.69, 9.17) is 16.5 Å². The number of aliphatic imine (C=N–C) groups is 1. The fourth-order valence-electron chi connectivity index (χ4n) is 5.24. The highest BCUT2D eigenvalue weighted by Crippen LogP contribution is 2.46. The lowest BCUT2D eigenvalue weighted by atomic mass is 9.75. The molecule has 3 heterocycles. The maximum atomic E-state index is 9.91. The Balaban J connectivity index is 1.65. The van der Waals surface area contributed by atoms with Crippen molar-refractivity contribution in [1.29, 1.82) is 0 Å². The number of benzene rings is 1. The van der Waals surface area contributed by atoms with Crippen LogP contribution in [0, 0.1) is 5.41 Å². The number of aromatic hydroxyl groups is 1. The summed E-state index contributed by atoms with van der Waals surface area (Å²) in [5.74, 6) is 0.567. The minimum Gasteiger partial charge on any atom is -0.508 e. The van der Waals surface area contributed by atoms with Crippen molar-refractivity contribution in [2.24, 2.45) is 28.9 Å². The van der Waals surface area contributed by atoms with Gasteiger partial charge in [-0.05, 0) is 56.0 Å². The van der Waals surface area contributed by atoms with Crippen molar-refractivity contribution in [2.75, 3.05) is 5.32 Å². The molecule has 0 aliphatic heterocycles. The van der Waals surface area contributed by atoms with Crippen molar-refractivity contribution < 1.29 is 5.11 Å². The number of rotatable bonds is 6. The van der Waals surface area contributed by atoms with Crippen molar-refractivity contribution in [3.63, 3.8) is 0 Å². The number of amidine groups is 1. The summed E-state index contributed by atoms with van der Waals surface area (Å²) in [5, 5.41) is 22.7. The standard InChI is InChI=1S/C28H36N8O/c1-6-17-11-20(37)7-8-22(17)33-26(29)21-14-32-36-16-18(19-13-31-35(5)15-19)12-23(36)25(21)34-24-9-10-28(4,30)27(24,2)3/h7-8,11-16,24,34,37H,6,9-10,30H2,1-5H3,(H2,29,33). The topological polar surface area (TPSA) is 132 Å². The molecule has 2 unspecified atom stereocenters. The zero-order valence-corrected chi connectivity index (χ0v) is 22.2. The van der Waals surface area contributed by atoms with E-state index in [1.54, 1.807) is 29.1 Å². The number of anilines is 1. The van der Waals surface area contributed by atoms with Gasteiger partial charge < -0.3 is 21.9 Å². The number of aromatic nitrogens is 4. The molecule has 1 aromatic carbocycles. The molecule has 9 heteroatoms. The molecule has 4 aromatic rings. The normalized spacial score (nSPS) is 21.6. The second kappa shape index (κ2) is 8.92. The molecule has 194 valence electrons. The van der Waals surface area contributed by atoms with Crippen LogP contribution in [0.1, 0.15) is 51.7 Å². The fraction of sp³-hybridized carbons (Fsp3) is 0.393. The molecule has 0 spiro atoms. The van der Waals surface area contributed by atoms with Crippen LogP contribution >= 0.6 is 0 Å². The van der Waals surface area contributed by atoms with E-state index < -0.39 is 0 Å². The highest BCUT2D eigenvalue weighted by molar-refractivity contribution is 6.06. The van der Waals surface area contributed by atoms with Crippen LogP contribution in [0.5, 0.6) is 5.75 Å². The monoisotopic (exact) mass is 500 g/mol. The summed E-state index contributed by atoms with van der Waals surface area (Å²) >= 11 is 0. The number of nitrogens with zero attached hydrogens (tertiary/aromatic N) is 5. The van der Waals surface area contributed by atoms with Crippen LogP contribution in [-0.4, -0.2) is 41.9 Å². The van der Waals surface area contributed by atoms with Crippen LogP contribution in [0.2, 0.25) is 0 Å². The van der Waals surface area contributed by atoms with E-state index in [2.05, 4.69) is 42.4 Å². The first-order chi connectivity index (χ1) is 17.5. The maximum absolute atomic E-state index is 9.91. The van der Waals surface area contributed by atoms with Crippen molar-refractivity contribution >= 4 is 22.7 Å². The molecular weight excluding hydrogens is 464 g/mol. The predicted octanol–water partition coefficient (Wildman–Crippen LogP) is 4.36. The Kier molecular flexibility index (Phi) is 5.98. The Morgan fingerprint density at radius 2 is 1.95 bits per heavy atom.